The van der Waals surface area contributed by atoms with Gasteiger partial charge in [-0.1, -0.05) is 66.3 Å². The molecule has 4 heteroatoms. The quantitative estimate of drug-likeness (QED) is 0.926. The SMILES string of the molecule is CC1=CC(NS(=O)(=O)c2ccc(-c3ccccc3)cc2)CC=C1. The lowest BCUT2D eigenvalue weighted by atomic mass is 10.1. The Morgan fingerprint density at radius 3 is 2.26 bits per heavy atom. The molecule has 0 heterocycles. The Hall–Kier alpha value is -2.17. The first-order chi connectivity index (χ1) is 11.0. The maximum atomic E-state index is 12.5. The highest BCUT2D eigenvalue weighted by Gasteiger charge is 2.19. The first-order valence-corrected chi connectivity index (χ1v) is 9.06. The Kier molecular flexibility index (Phi) is 4.46. The van der Waals surface area contributed by atoms with Crippen LogP contribution in [-0.4, -0.2) is 14.5 Å². The minimum atomic E-state index is -3.51. The third-order valence-corrected chi connectivity index (χ3v) is 5.32. The highest BCUT2D eigenvalue weighted by atomic mass is 32.2. The number of sulfonamides is 1. The molecular weight excluding hydrogens is 306 g/mol. The van der Waals surface area contributed by atoms with Crippen LogP contribution in [0.4, 0.5) is 0 Å². The van der Waals surface area contributed by atoms with E-state index in [9.17, 15) is 8.42 Å². The molecule has 0 fully saturated rings. The van der Waals surface area contributed by atoms with Crippen molar-refractivity contribution in [2.75, 3.05) is 0 Å². The highest BCUT2D eigenvalue weighted by Crippen LogP contribution is 2.21. The molecule has 0 aliphatic heterocycles. The van der Waals surface area contributed by atoms with Gasteiger partial charge in [0.05, 0.1) is 4.90 Å². The van der Waals surface area contributed by atoms with E-state index in [1.54, 1.807) is 12.1 Å². The van der Waals surface area contributed by atoms with Gasteiger partial charge in [0, 0.05) is 6.04 Å². The predicted molar refractivity (Wildman–Crippen MR) is 93.5 cm³/mol. The lowest BCUT2D eigenvalue weighted by molar-refractivity contribution is 0.570. The molecule has 23 heavy (non-hydrogen) atoms. The number of nitrogens with one attached hydrogen (secondary N) is 1. The van der Waals surface area contributed by atoms with Gasteiger partial charge in [0.25, 0.3) is 0 Å². The van der Waals surface area contributed by atoms with E-state index in [4.69, 9.17) is 0 Å². The largest absolute Gasteiger partial charge is 0.241 e. The minimum absolute atomic E-state index is 0.182. The normalized spacial score (nSPS) is 17.8. The molecule has 3 nitrogen and oxygen atoms in total. The summed E-state index contributed by atoms with van der Waals surface area (Å²) in [4.78, 5) is 0.290. The first kappa shape index (κ1) is 15.7. The molecule has 2 aromatic rings. The van der Waals surface area contributed by atoms with E-state index < -0.39 is 10.0 Å². The maximum Gasteiger partial charge on any atom is 0.241 e. The second-order valence-electron chi connectivity index (χ2n) is 5.67. The summed E-state index contributed by atoms with van der Waals surface area (Å²) in [6, 6.07) is 16.7. The molecule has 2 aromatic carbocycles. The second-order valence-corrected chi connectivity index (χ2v) is 7.38. The fourth-order valence-corrected chi connectivity index (χ4v) is 3.84. The number of rotatable bonds is 4. The van der Waals surface area contributed by atoms with Crippen molar-refractivity contribution in [3.8, 4) is 11.1 Å². The monoisotopic (exact) mass is 325 g/mol. The van der Waals surface area contributed by atoms with Crippen LogP contribution in [0.1, 0.15) is 13.3 Å². The molecule has 0 saturated carbocycles. The molecule has 118 valence electrons. The van der Waals surface area contributed by atoms with Gasteiger partial charge in [-0.15, -0.1) is 0 Å². The van der Waals surface area contributed by atoms with Crippen LogP contribution in [0, 0.1) is 0 Å². The molecule has 1 atom stereocenters. The van der Waals surface area contributed by atoms with Crippen molar-refractivity contribution < 1.29 is 8.42 Å². The summed E-state index contributed by atoms with van der Waals surface area (Å²) >= 11 is 0. The summed E-state index contributed by atoms with van der Waals surface area (Å²) in [5.74, 6) is 0. The highest BCUT2D eigenvalue weighted by molar-refractivity contribution is 7.89. The van der Waals surface area contributed by atoms with Gasteiger partial charge in [-0.25, -0.2) is 13.1 Å². The van der Waals surface area contributed by atoms with Crippen LogP contribution in [0.5, 0.6) is 0 Å². The molecular formula is C19H19NO2S. The van der Waals surface area contributed by atoms with E-state index in [1.165, 1.54) is 0 Å². The van der Waals surface area contributed by atoms with E-state index in [0.29, 0.717) is 6.42 Å². The molecule has 0 spiro atoms. The molecule has 0 bridgehead atoms. The van der Waals surface area contributed by atoms with E-state index in [1.807, 2.05) is 67.6 Å². The van der Waals surface area contributed by atoms with Crippen molar-refractivity contribution >= 4 is 10.0 Å². The fourth-order valence-electron chi connectivity index (χ4n) is 2.65. The lowest BCUT2D eigenvalue weighted by Gasteiger charge is -2.17. The summed E-state index contributed by atoms with van der Waals surface area (Å²) in [5.41, 5.74) is 3.14. The average molecular weight is 325 g/mol. The van der Waals surface area contributed by atoms with E-state index >= 15 is 0 Å². The van der Waals surface area contributed by atoms with Crippen LogP contribution in [-0.2, 0) is 10.0 Å². The number of allylic oxidation sites excluding steroid dienone is 2. The Labute approximate surface area is 137 Å². The van der Waals surface area contributed by atoms with Crippen molar-refractivity contribution in [1.82, 2.24) is 4.72 Å². The second kappa shape index (κ2) is 6.52. The number of benzene rings is 2. The van der Waals surface area contributed by atoms with Gasteiger partial charge in [0.15, 0.2) is 0 Å². The van der Waals surface area contributed by atoms with Crippen LogP contribution in [0.3, 0.4) is 0 Å². The van der Waals surface area contributed by atoms with Crippen LogP contribution >= 0.6 is 0 Å². The van der Waals surface area contributed by atoms with Gasteiger partial charge in [-0.05, 0) is 36.6 Å². The standard InChI is InChI=1S/C19H19NO2S/c1-15-6-5-9-18(14-15)20-23(21,22)19-12-10-17(11-13-19)16-7-3-2-4-8-16/h2-8,10-14,18,20H,9H2,1H3. The van der Waals surface area contributed by atoms with E-state index in [-0.39, 0.29) is 10.9 Å². The Bertz CT molecular complexity index is 835. The zero-order valence-electron chi connectivity index (χ0n) is 12.9. The molecule has 1 N–H and O–H groups in total. The van der Waals surface area contributed by atoms with Gasteiger partial charge in [0.2, 0.25) is 10.0 Å². The first-order valence-electron chi connectivity index (χ1n) is 7.57. The van der Waals surface area contributed by atoms with Gasteiger partial charge in [-0.2, -0.15) is 0 Å². The Morgan fingerprint density at radius 1 is 0.957 bits per heavy atom. The lowest BCUT2D eigenvalue weighted by Crippen LogP contribution is -2.34. The van der Waals surface area contributed by atoms with E-state index in [0.717, 1.165) is 16.7 Å². The van der Waals surface area contributed by atoms with Gasteiger partial charge >= 0.3 is 0 Å². The maximum absolute atomic E-state index is 12.5. The molecule has 0 radical (unpaired) electrons. The summed E-state index contributed by atoms with van der Waals surface area (Å²) < 4.78 is 27.7. The van der Waals surface area contributed by atoms with Crippen LogP contribution in [0.15, 0.2) is 83.3 Å². The molecule has 0 aromatic heterocycles. The Morgan fingerprint density at radius 2 is 1.61 bits per heavy atom. The average Bonchev–Trinajstić information content (AvgIpc) is 2.55. The molecule has 0 amide bonds. The topological polar surface area (TPSA) is 46.2 Å². The van der Waals surface area contributed by atoms with Crippen molar-refractivity contribution in [2.45, 2.75) is 24.3 Å². The zero-order chi connectivity index (χ0) is 16.3. The smallest absolute Gasteiger partial charge is 0.207 e. The van der Waals surface area contributed by atoms with Crippen LogP contribution < -0.4 is 4.72 Å². The van der Waals surface area contributed by atoms with E-state index in [2.05, 4.69) is 4.72 Å². The third kappa shape index (κ3) is 3.78. The van der Waals surface area contributed by atoms with Crippen LogP contribution in [0.2, 0.25) is 0 Å². The summed E-state index contributed by atoms with van der Waals surface area (Å²) in [6.07, 6.45) is 6.61. The molecule has 3 rings (SSSR count). The van der Waals surface area contributed by atoms with Crippen LogP contribution in [0.25, 0.3) is 11.1 Å². The van der Waals surface area contributed by atoms with Gasteiger partial charge in [-0.3, -0.25) is 0 Å². The number of hydrogen-bond donors (Lipinski definition) is 1. The number of hydrogen-bond acceptors (Lipinski definition) is 2. The summed E-state index contributed by atoms with van der Waals surface area (Å²) in [6.45, 7) is 1.96. The molecule has 1 aliphatic rings. The zero-order valence-corrected chi connectivity index (χ0v) is 13.8. The van der Waals surface area contributed by atoms with Crippen molar-refractivity contribution in [3.63, 3.8) is 0 Å². The molecule has 1 aliphatic carbocycles. The third-order valence-electron chi connectivity index (χ3n) is 3.81. The molecule has 0 saturated heterocycles. The molecule has 1 unspecified atom stereocenters. The minimum Gasteiger partial charge on any atom is -0.207 e. The Balaban J connectivity index is 1.80. The predicted octanol–water partition coefficient (Wildman–Crippen LogP) is 3.91. The van der Waals surface area contributed by atoms with Crippen molar-refractivity contribution in [2.24, 2.45) is 0 Å². The summed E-state index contributed by atoms with van der Waals surface area (Å²) in [5, 5.41) is 0. The van der Waals surface area contributed by atoms with Crippen molar-refractivity contribution in [1.29, 1.82) is 0 Å². The summed E-state index contributed by atoms with van der Waals surface area (Å²) in [7, 11) is -3.51. The van der Waals surface area contributed by atoms with Crippen molar-refractivity contribution in [3.05, 3.63) is 78.4 Å². The van der Waals surface area contributed by atoms with Gasteiger partial charge < -0.3 is 0 Å². The fraction of sp³-hybridized carbons (Fsp3) is 0.158. The van der Waals surface area contributed by atoms with Gasteiger partial charge in [0.1, 0.15) is 0 Å².